The van der Waals surface area contributed by atoms with Crippen LogP contribution < -0.4 is 11.1 Å². The SMILES string of the molecule is CCN(CC)C(=O)Cn1ccc2cc(NC(=O)C(C)CN)ccc21.Cl. The minimum absolute atomic E-state index is 0. The van der Waals surface area contributed by atoms with Crippen LogP contribution in [0.3, 0.4) is 0 Å². The predicted octanol–water partition coefficient (Wildman–Crippen LogP) is 2.46. The molecule has 2 aromatic rings. The van der Waals surface area contributed by atoms with E-state index < -0.39 is 0 Å². The molecule has 138 valence electrons. The quantitative estimate of drug-likeness (QED) is 0.789. The van der Waals surface area contributed by atoms with E-state index in [9.17, 15) is 9.59 Å². The number of anilines is 1. The zero-order valence-corrected chi connectivity index (χ0v) is 15.8. The topological polar surface area (TPSA) is 80.4 Å². The normalized spacial score (nSPS) is 11.7. The summed E-state index contributed by atoms with van der Waals surface area (Å²) >= 11 is 0. The fourth-order valence-electron chi connectivity index (χ4n) is 2.61. The number of hydrogen-bond acceptors (Lipinski definition) is 3. The van der Waals surface area contributed by atoms with Gasteiger partial charge in [-0.05, 0) is 38.1 Å². The molecule has 7 heteroatoms. The second-order valence-electron chi connectivity index (χ2n) is 5.91. The van der Waals surface area contributed by atoms with E-state index in [0.29, 0.717) is 26.2 Å². The third kappa shape index (κ3) is 4.96. The minimum Gasteiger partial charge on any atom is -0.342 e. The highest BCUT2D eigenvalue weighted by Gasteiger charge is 2.13. The molecule has 0 saturated heterocycles. The maximum atomic E-state index is 12.3. The van der Waals surface area contributed by atoms with Gasteiger partial charge in [0, 0.05) is 48.3 Å². The second-order valence-corrected chi connectivity index (χ2v) is 5.91. The van der Waals surface area contributed by atoms with Crippen molar-refractivity contribution in [2.24, 2.45) is 11.7 Å². The molecule has 0 radical (unpaired) electrons. The zero-order valence-electron chi connectivity index (χ0n) is 15.0. The lowest BCUT2D eigenvalue weighted by Crippen LogP contribution is -2.33. The van der Waals surface area contributed by atoms with E-state index >= 15 is 0 Å². The number of benzene rings is 1. The summed E-state index contributed by atoms with van der Waals surface area (Å²) in [5.41, 5.74) is 7.22. The fourth-order valence-corrected chi connectivity index (χ4v) is 2.61. The summed E-state index contributed by atoms with van der Waals surface area (Å²) in [6.45, 7) is 7.81. The molecule has 3 N–H and O–H groups in total. The first-order valence-corrected chi connectivity index (χ1v) is 8.37. The first-order valence-electron chi connectivity index (χ1n) is 8.37. The van der Waals surface area contributed by atoms with Crippen molar-refractivity contribution in [3.8, 4) is 0 Å². The number of halogens is 1. The van der Waals surface area contributed by atoms with E-state index in [1.54, 1.807) is 6.92 Å². The highest BCUT2D eigenvalue weighted by Crippen LogP contribution is 2.21. The molecule has 0 aliphatic heterocycles. The number of nitrogens with one attached hydrogen (secondary N) is 1. The number of fused-ring (bicyclic) bond motifs is 1. The van der Waals surface area contributed by atoms with Gasteiger partial charge < -0.3 is 20.5 Å². The summed E-state index contributed by atoms with van der Waals surface area (Å²) < 4.78 is 1.93. The molecule has 0 spiro atoms. The summed E-state index contributed by atoms with van der Waals surface area (Å²) in [6.07, 6.45) is 1.90. The van der Waals surface area contributed by atoms with Gasteiger partial charge in [0.05, 0.1) is 0 Å². The second kappa shape index (κ2) is 9.44. The molecule has 0 fully saturated rings. The summed E-state index contributed by atoms with van der Waals surface area (Å²) in [4.78, 5) is 26.0. The number of nitrogens with zero attached hydrogens (tertiary/aromatic N) is 2. The molecule has 0 saturated carbocycles. The van der Waals surface area contributed by atoms with Crippen LogP contribution in [0.15, 0.2) is 30.5 Å². The molecular weight excluding hydrogens is 340 g/mol. The lowest BCUT2D eigenvalue weighted by Gasteiger charge is -2.19. The van der Waals surface area contributed by atoms with Crippen molar-refractivity contribution in [2.75, 3.05) is 25.0 Å². The largest absolute Gasteiger partial charge is 0.342 e. The van der Waals surface area contributed by atoms with Crippen molar-refractivity contribution in [1.82, 2.24) is 9.47 Å². The lowest BCUT2D eigenvalue weighted by molar-refractivity contribution is -0.131. The van der Waals surface area contributed by atoms with Gasteiger partial charge in [-0.2, -0.15) is 0 Å². The molecule has 1 aromatic heterocycles. The summed E-state index contributed by atoms with van der Waals surface area (Å²) in [5, 5.41) is 3.85. The Kier molecular flexibility index (Phi) is 7.93. The van der Waals surface area contributed by atoms with Crippen LogP contribution in [0.5, 0.6) is 0 Å². The standard InChI is InChI=1S/C18H26N4O2.ClH/c1-4-21(5-2)17(23)12-22-9-8-14-10-15(6-7-16(14)22)20-18(24)13(3)11-19;/h6-10,13H,4-5,11-12,19H2,1-3H3,(H,20,24);1H. The Bertz CT molecular complexity index is 725. The first-order chi connectivity index (χ1) is 11.5. The van der Waals surface area contributed by atoms with Crippen LogP contribution >= 0.6 is 12.4 Å². The Labute approximate surface area is 154 Å². The lowest BCUT2D eigenvalue weighted by atomic mass is 10.1. The molecular formula is C18H27ClN4O2. The van der Waals surface area contributed by atoms with E-state index in [0.717, 1.165) is 16.6 Å². The maximum absolute atomic E-state index is 12.3. The number of amides is 2. The number of nitrogens with two attached hydrogens (primary N) is 1. The molecule has 1 aromatic carbocycles. The van der Waals surface area contributed by atoms with Crippen LogP contribution in [0.25, 0.3) is 10.9 Å². The van der Waals surface area contributed by atoms with Gasteiger partial charge in [0.25, 0.3) is 0 Å². The van der Waals surface area contributed by atoms with Gasteiger partial charge in [-0.15, -0.1) is 12.4 Å². The highest BCUT2D eigenvalue weighted by atomic mass is 35.5. The van der Waals surface area contributed by atoms with Crippen LogP contribution in [0, 0.1) is 5.92 Å². The van der Waals surface area contributed by atoms with Crippen LogP contribution in [0.1, 0.15) is 20.8 Å². The maximum Gasteiger partial charge on any atom is 0.242 e. The summed E-state index contributed by atoms with van der Waals surface area (Å²) in [5.74, 6) is -0.211. The van der Waals surface area contributed by atoms with Gasteiger partial charge in [-0.1, -0.05) is 6.92 Å². The number of hydrogen-bond donors (Lipinski definition) is 2. The van der Waals surface area contributed by atoms with E-state index in [1.807, 2.05) is 53.8 Å². The summed E-state index contributed by atoms with van der Waals surface area (Å²) in [6, 6.07) is 7.64. The van der Waals surface area contributed by atoms with Gasteiger partial charge in [-0.25, -0.2) is 0 Å². The Morgan fingerprint density at radius 1 is 1.24 bits per heavy atom. The van der Waals surface area contributed by atoms with Crippen LogP contribution in [0.2, 0.25) is 0 Å². The van der Waals surface area contributed by atoms with E-state index in [4.69, 9.17) is 5.73 Å². The fraction of sp³-hybridized carbons (Fsp3) is 0.444. The smallest absolute Gasteiger partial charge is 0.242 e. The van der Waals surface area contributed by atoms with Gasteiger partial charge in [0.2, 0.25) is 11.8 Å². The minimum atomic E-state index is -0.225. The van der Waals surface area contributed by atoms with Crippen LogP contribution in [-0.2, 0) is 16.1 Å². The molecule has 6 nitrogen and oxygen atoms in total. The summed E-state index contributed by atoms with van der Waals surface area (Å²) in [7, 11) is 0. The van der Waals surface area contributed by atoms with Crippen molar-refractivity contribution in [1.29, 1.82) is 0 Å². The zero-order chi connectivity index (χ0) is 17.7. The molecule has 1 heterocycles. The van der Waals surface area contributed by atoms with E-state index in [2.05, 4.69) is 5.32 Å². The highest BCUT2D eigenvalue weighted by molar-refractivity contribution is 5.95. The van der Waals surface area contributed by atoms with E-state index in [-0.39, 0.29) is 30.1 Å². The van der Waals surface area contributed by atoms with Crippen LogP contribution in [0.4, 0.5) is 5.69 Å². The third-order valence-corrected chi connectivity index (χ3v) is 4.26. The van der Waals surface area contributed by atoms with Gasteiger partial charge in [-0.3, -0.25) is 9.59 Å². The van der Waals surface area contributed by atoms with Crippen molar-refractivity contribution in [2.45, 2.75) is 27.3 Å². The van der Waals surface area contributed by atoms with Crippen molar-refractivity contribution in [3.05, 3.63) is 30.5 Å². The number of rotatable bonds is 7. The first kappa shape index (κ1) is 21.0. The average molecular weight is 367 g/mol. The van der Waals surface area contributed by atoms with Crippen molar-refractivity contribution >= 4 is 40.8 Å². The molecule has 1 unspecified atom stereocenters. The van der Waals surface area contributed by atoms with E-state index in [1.165, 1.54) is 0 Å². The third-order valence-electron chi connectivity index (χ3n) is 4.26. The van der Waals surface area contributed by atoms with Crippen molar-refractivity contribution in [3.63, 3.8) is 0 Å². The number of aromatic nitrogens is 1. The number of likely N-dealkylation sites (N-methyl/N-ethyl adjacent to an activating group) is 1. The van der Waals surface area contributed by atoms with Crippen molar-refractivity contribution < 1.29 is 9.59 Å². The van der Waals surface area contributed by atoms with Gasteiger partial charge >= 0.3 is 0 Å². The molecule has 2 rings (SSSR count). The van der Waals surface area contributed by atoms with Gasteiger partial charge in [0.15, 0.2) is 0 Å². The average Bonchev–Trinajstić information content (AvgIpc) is 2.97. The molecule has 1 atom stereocenters. The monoisotopic (exact) mass is 366 g/mol. The number of carbonyl (C=O) groups is 2. The predicted molar refractivity (Wildman–Crippen MR) is 104 cm³/mol. The Morgan fingerprint density at radius 3 is 2.52 bits per heavy atom. The molecule has 0 aliphatic rings. The molecule has 2 amide bonds. The van der Waals surface area contributed by atoms with Gasteiger partial charge in [0.1, 0.15) is 6.54 Å². The Balaban J connectivity index is 0.00000312. The number of carbonyl (C=O) groups excluding carboxylic acids is 2. The Morgan fingerprint density at radius 2 is 1.92 bits per heavy atom. The molecule has 0 aliphatic carbocycles. The van der Waals surface area contributed by atoms with Crippen LogP contribution in [-0.4, -0.2) is 40.9 Å². The molecule has 0 bridgehead atoms. The Hall–Kier alpha value is -2.05. The molecule has 25 heavy (non-hydrogen) atoms.